The van der Waals surface area contributed by atoms with E-state index in [9.17, 15) is 9.90 Å². The van der Waals surface area contributed by atoms with E-state index in [-0.39, 0.29) is 5.91 Å². The van der Waals surface area contributed by atoms with Crippen LogP contribution < -0.4 is 15.1 Å². The van der Waals surface area contributed by atoms with Crippen LogP contribution in [0.1, 0.15) is 32.6 Å². The van der Waals surface area contributed by atoms with Gasteiger partial charge >= 0.3 is 0 Å². The van der Waals surface area contributed by atoms with Crippen molar-refractivity contribution in [1.29, 1.82) is 0 Å². The lowest BCUT2D eigenvalue weighted by atomic mass is 9.86. The maximum Gasteiger partial charge on any atom is 0.275 e. The highest BCUT2D eigenvalue weighted by molar-refractivity contribution is 5.77. The summed E-state index contributed by atoms with van der Waals surface area (Å²) in [7, 11) is 0. The lowest BCUT2D eigenvalue weighted by Crippen LogP contribution is -3.16. The third-order valence-electron chi connectivity index (χ3n) is 5.56. The van der Waals surface area contributed by atoms with E-state index in [1.165, 1.54) is 24.2 Å². The van der Waals surface area contributed by atoms with Gasteiger partial charge in [-0.2, -0.15) is 0 Å². The summed E-state index contributed by atoms with van der Waals surface area (Å²) < 4.78 is 0. The molecule has 1 aliphatic heterocycles. The van der Waals surface area contributed by atoms with Crippen LogP contribution in [0.3, 0.4) is 0 Å². The Morgan fingerprint density at radius 1 is 1.25 bits per heavy atom. The molecule has 3 N–H and O–H groups in total. The number of hydrogen-bond acceptors (Lipinski definition) is 3. The molecule has 1 heterocycles. The van der Waals surface area contributed by atoms with Crippen LogP contribution >= 0.6 is 0 Å². The zero-order chi connectivity index (χ0) is 16.9. The van der Waals surface area contributed by atoms with Gasteiger partial charge in [0.2, 0.25) is 0 Å². The highest BCUT2D eigenvalue weighted by Crippen LogP contribution is 2.26. The first-order chi connectivity index (χ1) is 11.6. The molecule has 2 aliphatic rings. The zero-order valence-electron chi connectivity index (χ0n) is 14.6. The van der Waals surface area contributed by atoms with Crippen LogP contribution in [-0.2, 0) is 4.79 Å². The van der Waals surface area contributed by atoms with Gasteiger partial charge in [0.15, 0.2) is 6.54 Å². The molecule has 1 aromatic carbocycles. The van der Waals surface area contributed by atoms with Crippen LogP contribution in [0, 0.1) is 5.92 Å². The lowest BCUT2D eigenvalue weighted by Gasteiger charge is -2.34. The minimum atomic E-state index is 0.194. The summed E-state index contributed by atoms with van der Waals surface area (Å²) in [4.78, 5) is 15.9. The summed E-state index contributed by atoms with van der Waals surface area (Å²) in [6, 6.07) is 7.85. The van der Waals surface area contributed by atoms with Crippen LogP contribution in [0.2, 0.25) is 0 Å². The summed E-state index contributed by atoms with van der Waals surface area (Å²) in [6.45, 7) is 6.43. The van der Waals surface area contributed by atoms with Crippen LogP contribution in [-0.4, -0.2) is 49.8 Å². The fourth-order valence-corrected chi connectivity index (χ4v) is 3.99. The Balaban J connectivity index is 1.45. The molecule has 132 valence electrons. The van der Waals surface area contributed by atoms with Gasteiger partial charge in [0, 0.05) is 6.04 Å². The molecule has 2 atom stereocenters. The van der Waals surface area contributed by atoms with E-state index >= 15 is 0 Å². The van der Waals surface area contributed by atoms with Gasteiger partial charge in [-0.1, -0.05) is 31.9 Å². The second kappa shape index (κ2) is 7.88. The zero-order valence-corrected chi connectivity index (χ0v) is 14.6. The Kier molecular flexibility index (Phi) is 5.61. The maximum absolute atomic E-state index is 12.3. The number of para-hydroxylation sites is 2. The van der Waals surface area contributed by atoms with E-state index in [1.807, 2.05) is 18.2 Å². The number of carbonyl (C=O) groups is 1. The number of nitrogens with zero attached hydrogens (tertiary/aromatic N) is 1. The summed E-state index contributed by atoms with van der Waals surface area (Å²) >= 11 is 0. The highest BCUT2D eigenvalue weighted by Gasteiger charge is 2.27. The number of piperazine rings is 1. The van der Waals surface area contributed by atoms with E-state index in [0.29, 0.717) is 24.3 Å². The van der Waals surface area contributed by atoms with E-state index in [0.717, 1.165) is 38.3 Å². The standard InChI is InChI=1S/C19H29N3O2/c1-15-6-2-3-7-16(15)20-19(24)14-21-10-12-22(13-11-21)17-8-4-5-9-18(17)23/h4-5,8-9,15-16,23H,2-3,6-7,10-14H2,1H3,(H,20,24)/p+1/t15-,16+/m1/s1. The van der Waals surface area contributed by atoms with Gasteiger partial charge in [-0.25, -0.2) is 0 Å². The second-order valence-electron chi connectivity index (χ2n) is 7.34. The van der Waals surface area contributed by atoms with Gasteiger partial charge in [0.25, 0.3) is 5.91 Å². The van der Waals surface area contributed by atoms with Gasteiger partial charge < -0.3 is 20.2 Å². The van der Waals surface area contributed by atoms with Crippen LogP contribution in [0.5, 0.6) is 5.75 Å². The molecule has 1 saturated carbocycles. The number of amides is 1. The minimum absolute atomic E-state index is 0.194. The SMILES string of the molecule is C[C@@H]1CCCC[C@@H]1NC(=O)C[NH+]1CCN(c2ccccc2O)CC1. The number of hydrogen-bond donors (Lipinski definition) is 3. The molecule has 1 amide bonds. The Bertz CT molecular complexity index is 555. The predicted molar refractivity (Wildman–Crippen MR) is 95.4 cm³/mol. The number of rotatable bonds is 4. The Labute approximate surface area is 144 Å². The predicted octanol–water partition coefficient (Wildman–Crippen LogP) is 0.792. The number of carbonyl (C=O) groups excluding carboxylic acids is 1. The van der Waals surface area contributed by atoms with Gasteiger partial charge in [0.05, 0.1) is 31.9 Å². The normalized spacial score (nSPS) is 25.5. The molecule has 1 saturated heterocycles. The first kappa shape index (κ1) is 17.1. The number of quaternary nitrogens is 1. The third-order valence-corrected chi connectivity index (χ3v) is 5.56. The molecule has 0 radical (unpaired) electrons. The lowest BCUT2D eigenvalue weighted by molar-refractivity contribution is -0.892. The van der Waals surface area contributed by atoms with Crippen molar-refractivity contribution in [3.05, 3.63) is 24.3 Å². The molecule has 5 nitrogen and oxygen atoms in total. The molecular weight excluding hydrogens is 302 g/mol. The Morgan fingerprint density at radius 2 is 1.96 bits per heavy atom. The molecule has 24 heavy (non-hydrogen) atoms. The molecule has 0 unspecified atom stereocenters. The molecule has 1 aromatic rings. The first-order valence-corrected chi connectivity index (χ1v) is 9.29. The average Bonchev–Trinajstić information content (AvgIpc) is 2.58. The molecule has 3 rings (SSSR count). The summed E-state index contributed by atoms with van der Waals surface area (Å²) in [5, 5.41) is 13.2. The van der Waals surface area contributed by atoms with Crippen LogP contribution in [0.4, 0.5) is 5.69 Å². The van der Waals surface area contributed by atoms with Crippen molar-refractivity contribution >= 4 is 11.6 Å². The van der Waals surface area contributed by atoms with Gasteiger partial charge in [-0.3, -0.25) is 4.79 Å². The molecule has 2 fully saturated rings. The minimum Gasteiger partial charge on any atom is -0.506 e. The van der Waals surface area contributed by atoms with Crippen molar-refractivity contribution in [2.45, 2.75) is 38.6 Å². The fourth-order valence-electron chi connectivity index (χ4n) is 3.99. The number of benzene rings is 1. The summed E-state index contributed by atoms with van der Waals surface area (Å²) in [5.41, 5.74) is 0.900. The van der Waals surface area contributed by atoms with Gasteiger partial charge in [-0.15, -0.1) is 0 Å². The van der Waals surface area contributed by atoms with Crippen molar-refractivity contribution < 1.29 is 14.8 Å². The quantitative estimate of drug-likeness (QED) is 0.764. The van der Waals surface area contributed by atoms with E-state index in [4.69, 9.17) is 0 Å². The van der Waals surface area contributed by atoms with Crippen molar-refractivity contribution in [1.82, 2.24) is 5.32 Å². The number of aromatic hydroxyl groups is 1. The Hall–Kier alpha value is -1.75. The molecule has 0 aromatic heterocycles. The molecule has 0 spiro atoms. The molecule has 0 bridgehead atoms. The highest BCUT2D eigenvalue weighted by atomic mass is 16.3. The van der Waals surface area contributed by atoms with Crippen molar-refractivity contribution in [3.8, 4) is 5.75 Å². The van der Waals surface area contributed by atoms with Crippen molar-refractivity contribution in [3.63, 3.8) is 0 Å². The van der Waals surface area contributed by atoms with E-state index in [2.05, 4.69) is 17.1 Å². The summed E-state index contributed by atoms with van der Waals surface area (Å²) in [6.07, 6.45) is 4.90. The number of nitrogens with one attached hydrogen (secondary N) is 2. The molecular formula is C19H30N3O2+. The third kappa shape index (κ3) is 4.20. The fraction of sp³-hybridized carbons (Fsp3) is 0.632. The van der Waals surface area contributed by atoms with Crippen molar-refractivity contribution in [2.75, 3.05) is 37.6 Å². The maximum atomic E-state index is 12.3. The molecule has 5 heteroatoms. The van der Waals surface area contributed by atoms with Crippen LogP contribution in [0.25, 0.3) is 0 Å². The Morgan fingerprint density at radius 3 is 2.67 bits per heavy atom. The van der Waals surface area contributed by atoms with Gasteiger partial charge in [0.1, 0.15) is 5.75 Å². The van der Waals surface area contributed by atoms with E-state index in [1.54, 1.807) is 6.07 Å². The summed E-state index contributed by atoms with van der Waals surface area (Å²) in [5.74, 6) is 1.14. The first-order valence-electron chi connectivity index (χ1n) is 9.29. The smallest absolute Gasteiger partial charge is 0.275 e. The largest absolute Gasteiger partial charge is 0.506 e. The number of phenols is 1. The van der Waals surface area contributed by atoms with E-state index < -0.39 is 0 Å². The topological polar surface area (TPSA) is 57.0 Å². The number of anilines is 1. The van der Waals surface area contributed by atoms with Crippen molar-refractivity contribution in [2.24, 2.45) is 5.92 Å². The van der Waals surface area contributed by atoms with Gasteiger partial charge in [-0.05, 0) is 30.9 Å². The second-order valence-corrected chi connectivity index (χ2v) is 7.34. The van der Waals surface area contributed by atoms with Crippen LogP contribution in [0.15, 0.2) is 24.3 Å². The number of phenolic OH excluding ortho intramolecular Hbond substituents is 1. The monoisotopic (exact) mass is 332 g/mol. The average molecular weight is 332 g/mol. The molecule has 1 aliphatic carbocycles.